The number of nitrogens with two attached hydrogens (primary N) is 1. The maximum atomic E-state index is 17.0. The van der Waals surface area contributed by atoms with E-state index in [-0.39, 0.29) is 45.8 Å². The second-order valence-corrected chi connectivity index (χ2v) is 17.7. The summed E-state index contributed by atoms with van der Waals surface area (Å²) >= 11 is 0. The fourth-order valence-corrected chi connectivity index (χ4v) is 9.79. The zero-order chi connectivity index (χ0) is 46.9. The maximum Gasteiger partial charge on any atom is 0.302 e. The molecule has 4 aromatic carbocycles. The number of carbonyl (C=O) groups excluding carboxylic acids is 1. The number of rotatable bonds is 11. The minimum Gasteiger partial charge on any atom is -0.508 e. The molecule has 0 unspecified atom stereocenters. The molecule has 0 saturated heterocycles. The molecule has 332 valence electrons. The highest BCUT2D eigenvalue weighted by molar-refractivity contribution is 8.76. The molecule has 0 spiro atoms. The van der Waals surface area contributed by atoms with Gasteiger partial charge in [0.1, 0.15) is 22.9 Å². The molecule has 1 amide bonds. The highest BCUT2D eigenvalue weighted by atomic mass is 33.1. The van der Waals surface area contributed by atoms with Crippen LogP contribution < -0.4 is 10.6 Å². The number of allylic oxidation sites excluding steroid dienone is 12. The zero-order valence-electron chi connectivity index (χ0n) is 34.8. The minimum absolute atomic E-state index is 0.00296. The number of phenols is 3. The third kappa shape index (κ3) is 8.51. The van der Waals surface area contributed by atoms with E-state index in [1.54, 1.807) is 72.7 Å². The summed E-state index contributed by atoms with van der Waals surface area (Å²) in [5, 5.41) is 31.9. The van der Waals surface area contributed by atoms with E-state index in [0.717, 1.165) is 0 Å². The van der Waals surface area contributed by atoms with Crippen molar-refractivity contribution < 1.29 is 37.7 Å². The summed E-state index contributed by atoms with van der Waals surface area (Å²) in [6, 6.07) is 19.1. The van der Waals surface area contributed by atoms with Crippen molar-refractivity contribution >= 4 is 78.3 Å². The third-order valence-corrected chi connectivity index (χ3v) is 13.2. The monoisotopic (exact) mass is 934 g/mol. The first-order valence-corrected chi connectivity index (χ1v) is 23.0. The first kappa shape index (κ1) is 44.5. The van der Waals surface area contributed by atoms with Gasteiger partial charge >= 0.3 is 5.91 Å². The molecule has 0 fully saturated rings. The van der Waals surface area contributed by atoms with E-state index < -0.39 is 52.5 Å². The Kier molecular flexibility index (Phi) is 12.4. The summed E-state index contributed by atoms with van der Waals surface area (Å²) in [4.78, 5) is 33.2. The fraction of sp³-hybridized carbons (Fsp3) is 0.0784. The molecular formula is C51H34F4N6O4S2. The molecule has 4 aromatic rings. The van der Waals surface area contributed by atoms with Gasteiger partial charge in [0, 0.05) is 46.9 Å². The zero-order valence-corrected chi connectivity index (χ0v) is 36.5. The van der Waals surface area contributed by atoms with Gasteiger partial charge in [-0.25, -0.2) is 37.5 Å². The molecule has 8 bridgehead atoms. The Morgan fingerprint density at radius 2 is 0.940 bits per heavy atom. The van der Waals surface area contributed by atoms with E-state index >= 15 is 17.6 Å². The van der Waals surface area contributed by atoms with E-state index in [9.17, 15) is 20.1 Å². The highest BCUT2D eigenvalue weighted by Crippen LogP contribution is 2.42. The molecule has 5 N–H and O–H groups in total. The molecule has 10 nitrogen and oxygen atoms in total. The highest BCUT2D eigenvalue weighted by Gasteiger charge is 2.36. The Bertz CT molecular complexity index is 3200. The predicted molar refractivity (Wildman–Crippen MR) is 260 cm³/mol. The molecular weight excluding hydrogens is 901 g/mol. The second-order valence-electron chi connectivity index (χ2n) is 15.0. The summed E-state index contributed by atoms with van der Waals surface area (Å²) in [5.41, 5.74) is 6.98. The van der Waals surface area contributed by atoms with E-state index in [2.05, 4.69) is 0 Å². The van der Waals surface area contributed by atoms with E-state index in [1.165, 1.54) is 76.2 Å². The first-order valence-electron chi connectivity index (χ1n) is 20.5. The van der Waals surface area contributed by atoms with Crippen LogP contribution in [0.5, 0.6) is 17.2 Å². The molecule has 9 rings (SSSR count). The van der Waals surface area contributed by atoms with Crippen molar-refractivity contribution in [2.45, 2.75) is 0 Å². The Morgan fingerprint density at radius 1 is 0.567 bits per heavy atom. The average molecular weight is 935 g/mol. The van der Waals surface area contributed by atoms with Gasteiger partial charge in [0.05, 0.1) is 51.2 Å². The van der Waals surface area contributed by atoms with Crippen LogP contribution in [0.2, 0.25) is 0 Å². The molecule has 0 atom stereocenters. The van der Waals surface area contributed by atoms with Crippen molar-refractivity contribution in [2.75, 3.05) is 29.5 Å². The Labute approximate surface area is 388 Å². The number of hydrogen-bond donors (Lipinski definition) is 4. The van der Waals surface area contributed by atoms with E-state index in [1.807, 2.05) is 0 Å². The van der Waals surface area contributed by atoms with Gasteiger partial charge in [0.2, 0.25) is 0 Å². The largest absolute Gasteiger partial charge is 0.508 e. The SMILES string of the molecule is C#CC(=O)N(CCSSCCN)c1c(F)c(F)c(C2=C3C=CC(=N3)C(c3cccc(O)c3)=C3C=CC(=N3)C(c3cccc(O)c3)=C3C=CC(=N3)C(c3cccc(O)c3)=C3C=CC2=N3)c(F)c1F. The second kappa shape index (κ2) is 18.6. The summed E-state index contributed by atoms with van der Waals surface area (Å²) < 4.78 is 67.3. The Hall–Kier alpha value is -7.71. The van der Waals surface area contributed by atoms with Gasteiger partial charge in [0.25, 0.3) is 0 Å². The van der Waals surface area contributed by atoms with Crippen LogP contribution in [0.3, 0.4) is 0 Å². The molecule has 5 heterocycles. The molecule has 0 radical (unpaired) electrons. The van der Waals surface area contributed by atoms with Crippen LogP contribution in [-0.2, 0) is 4.79 Å². The Morgan fingerprint density at radius 3 is 1.31 bits per heavy atom. The number of benzene rings is 4. The maximum absolute atomic E-state index is 17.0. The summed E-state index contributed by atoms with van der Waals surface area (Å²) in [5.74, 6) is -6.43. The third-order valence-electron chi connectivity index (χ3n) is 10.8. The van der Waals surface area contributed by atoms with Gasteiger partial charge in [0.15, 0.2) is 23.3 Å². The molecule has 67 heavy (non-hydrogen) atoms. The lowest BCUT2D eigenvalue weighted by Gasteiger charge is -2.23. The molecule has 16 heteroatoms. The normalized spacial score (nSPS) is 16.0. The van der Waals surface area contributed by atoms with Gasteiger partial charge in [-0.05, 0) is 108 Å². The van der Waals surface area contributed by atoms with Gasteiger partial charge in [-0.1, -0.05) is 58.0 Å². The molecule has 5 aliphatic rings. The summed E-state index contributed by atoms with van der Waals surface area (Å²) in [6.45, 7) is -0.0367. The number of fused-ring (bicyclic) bond motifs is 4. The minimum atomic E-state index is -1.88. The lowest BCUT2D eigenvalue weighted by Crippen LogP contribution is -2.34. The van der Waals surface area contributed by atoms with Crippen LogP contribution in [0, 0.1) is 35.6 Å². The molecule has 5 aliphatic heterocycles. The van der Waals surface area contributed by atoms with Crippen LogP contribution in [-0.4, -0.2) is 68.7 Å². The molecule has 0 saturated carbocycles. The van der Waals surface area contributed by atoms with Gasteiger partial charge in [-0.15, -0.1) is 6.42 Å². The number of phenolic OH excluding ortho intramolecular Hbond substituents is 3. The Balaban J connectivity index is 1.33. The topological polar surface area (TPSA) is 156 Å². The standard InChI is InChI=1S/C51H34F4N6O4S2/c1-2-41(65)61(21-23-67-66-22-20-56)51-49(54)47(52)46(48(53)50(51)55)45-39-18-16-37(59-39)43(28-7-4-10-31(63)25-28)35-14-12-33(57-35)42(27-6-3-9-30(62)24-27)34-13-15-36(58-34)44(38-17-19-40(45)60-38)29-8-5-11-32(64)26-29/h1,3-19,24-26,62-64H,20-23,56H2. The van der Waals surface area contributed by atoms with Crippen molar-refractivity contribution in [2.24, 2.45) is 25.7 Å². The molecule has 0 aromatic heterocycles. The van der Waals surface area contributed by atoms with Crippen LogP contribution in [0.15, 0.2) is 164 Å². The number of aromatic hydroxyl groups is 3. The van der Waals surface area contributed by atoms with Crippen LogP contribution >= 0.6 is 21.6 Å². The number of amides is 1. The van der Waals surface area contributed by atoms with Crippen molar-refractivity contribution in [3.05, 3.63) is 190 Å². The van der Waals surface area contributed by atoms with Crippen LogP contribution in [0.1, 0.15) is 22.3 Å². The predicted octanol–water partition coefficient (Wildman–Crippen LogP) is 9.67. The quantitative estimate of drug-likeness (QED) is 0.0384. The number of carbonyl (C=O) groups is 1. The van der Waals surface area contributed by atoms with E-state index in [4.69, 9.17) is 32.1 Å². The van der Waals surface area contributed by atoms with Crippen LogP contribution in [0.25, 0.3) is 22.3 Å². The summed E-state index contributed by atoms with van der Waals surface area (Å²) in [6.07, 6.45) is 18.2. The number of anilines is 1. The summed E-state index contributed by atoms with van der Waals surface area (Å²) in [7, 11) is 2.57. The lowest BCUT2D eigenvalue weighted by atomic mass is 9.96. The first-order chi connectivity index (χ1) is 32.4. The fourth-order valence-electron chi connectivity index (χ4n) is 7.98. The smallest absolute Gasteiger partial charge is 0.302 e. The van der Waals surface area contributed by atoms with Gasteiger partial charge < -0.3 is 21.1 Å². The van der Waals surface area contributed by atoms with E-state index in [0.29, 0.717) is 73.4 Å². The van der Waals surface area contributed by atoms with Crippen molar-refractivity contribution in [3.63, 3.8) is 0 Å². The van der Waals surface area contributed by atoms with Crippen LogP contribution in [0.4, 0.5) is 23.2 Å². The van der Waals surface area contributed by atoms with Gasteiger partial charge in [-0.2, -0.15) is 0 Å². The number of nitrogens with zero attached hydrogens (tertiary/aromatic N) is 5. The average Bonchev–Trinajstić information content (AvgIpc) is 4.17. The van der Waals surface area contributed by atoms with Crippen molar-refractivity contribution in [1.82, 2.24) is 0 Å². The number of aliphatic imine (C=N–C) groups is 4. The number of terminal acetylenes is 1. The lowest BCUT2D eigenvalue weighted by molar-refractivity contribution is -0.113. The van der Waals surface area contributed by atoms with Gasteiger partial charge in [-0.3, -0.25) is 9.69 Å². The van der Waals surface area contributed by atoms with Crippen molar-refractivity contribution in [3.8, 4) is 29.6 Å². The number of halogens is 4. The van der Waals surface area contributed by atoms with Crippen molar-refractivity contribution in [1.29, 1.82) is 0 Å². The molecule has 0 aliphatic carbocycles. The number of hydrogen-bond acceptors (Lipinski definition) is 11.